The van der Waals surface area contributed by atoms with E-state index in [4.69, 9.17) is 0 Å². The number of alkyl halides is 1. The van der Waals surface area contributed by atoms with E-state index in [1.165, 1.54) is 10.6 Å². The average Bonchev–Trinajstić information content (AvgIpc) is 2.11. The Labute approximate surface area is 87.7 Å². The Balaban J connectivity index is 3.03. The van der Waals surface area contributed by atoms with Crippen molar-refractivity contribution in [1.29, 1.82) is 0 Å². The van der Waals surface area contributed by atoms with Crippen LogP contribution in [0, 0.1) is 0 Å². The third-order valence-corrected chi connectivity index (χ3v) is 3.35. The lowest BCUT2D eigenvalue weighted by Crippen LogP contribution is -2.47. The summed E-state index contributed by atoms with van der Waals surface area (Å²) in [4.78, 5) is 0. The van der Waals surface area contributed by atoms with Crippen LogP contribution in [0.2, 0.25) is 0 Å². The van der Waals surface area contributed by atoms with E-state index >= 15 is 0 Å². The van der Waals surface area contributed by atoms with Crippen molar-refractivity contribution in [3.8, 4) is 0 Å². The van der Waals surface area contributed by atoms with Gasteiger partial charge in [0.25, 0.3) is 0 Å². The number of halogens is 1. The van der Waals surface area contributed by atoms with Gasteiger partial charge in [0.2, 0.25) is 0 Å². The van der Waals surface area contributed by atoms with Crippen LogP contribution in [-0.4, -0.2) is 25.8 Å². The fourth-order valence-electron chi connectivity index (χ4n) is 1.72. The molecule has 1 aliphatic rings. The first-order chi connectivity index (χ1) is 5.32. The van der Waals surface area contributed by atoms with Gasteiger partial charge in [-0.15, -0.1) is 0 Å². The molecule has 0 aromatic rings. The lowest BCUT2D eigenvalue weighted by atomic mass is 9.99. The molecule has 70 valence electrons. The minimum absolute atomic E-state index is 0.204. The lowest BCUT2D eigenvalue weighted by molar-refractivity contribution is -0.184. The first-order valence-electron chi connectivity index (χ1n) is 4.10. The van der Waals surface area contributed by atoms with Crippen LogP contribution in [0.1, 0.15) is 27.7 Å². The zero-order valence-electron chi connectivity index (χ0n) is 8.06. The quantitative estimate of drug-likeness (QED) is 0.454. The molecule has 0 bridgehead atoms. The van der Waals surface area contributed by atoms with E-state index in [9.17, 15) is 5.21 Å². The van der Waals surface area contributed by atoms with Gasteiger partial charge < -0.3 is 5.21 Å². The molecule has 0 unspecified atom stereocenters. The van der Waals surface area contributed by atoms with Gasteiger partial charge >= 0.3 is 0 Å². The molecular formula is C9H16INO. The summed E-state index contributed by atoms with van der Waals surface area (Å²) in [6, 6.07) is 0. The Bertz CT molecular complexity index is 221. The SMILES string of the molecule is CC1(C)C=C(CI)C(C)(C)N1O. The van der Waals surface area contributed by atoms with Crippen LogP contribution in [0.15, 0.2) is 11.6 Å². The van der Waals surface area contributed by atoms with Crippen LogP contribution in [0.3, 0.4) is 0 Å². The molecule has 0 aromatic carbocycles. The fraction of sp³-hybridized carbons (Fsp3) is 0.778. The second-order valence-corrected chi connectivity index (χ2v) is 5.09. The van der Waals surface area contributed by atoms with Gasteiger partial charge in [-0.25, -0.2) is 0 Å². The van der Waals surface area contributed by atoms with E-state index in [2.05, 4.69) is 28.7 Å². The Hall–Kier alpha value is 0.390. The van der Waals surface area contributed by atoms with Crippen LogP contribution >= 0.6 is 22.6 Å². The third kappa shape index (κ3) is 1.42. The first kappa shape index (κ1) is 10.5. The van der Waals surface area contributed by atoms with E-state index in [0.29, 0.717) is 0 Å². The van der Waals surface area contributed by atoms with Gasteiger partial charge in [-0.05, 0) is 33.3 Å². The Morgan fingerprint density at radius 2 is 1.92 bits per heavy atom. The number of hydrogen-bond acceptors (Lipinski definition) is 2. The zero-order chi connectivity index (χ0) is 9.57. The zero-order valence-corrected chi connectivity index (χ0v) is 10.2. The van der Waals surface area contributed by atoms with Crippen molar-refractivity contribution in [3.05, 3.63) is 11.6 Å². The molecule has 0 radical (unpaired) electrons. The highest BCUT2D eigenvalue weighted by molar-refractivity contribution is 14.1. The van der Waals surface area contributed by atoms with Gasteiger partial charge in [-0.1, -0.05) is 28.7 Å². The van der Waals surface area contributed by atoms with Gasteiger partial charge in [0.15, 0.2) is 0 Å². The number of nitrogens with zero attached hydrogens (tertiary/aromatic N) is 1. The highest BCUT2D eigenvalue weighted by atomic mass is 127. The van der Waals surface area contributed by atoms with Gasteiger partial charge in [0.05, 0.1) is 11.1 Å². The Morgan fingerprint density at radius 3 is 2.08 bits per heavy atom. The molecule has 0 amide bonds. The van der Waals surface area contributed by atoms with Crippen molar-refractivity contribution in [1.82, 2.24) is 5.06 Å². The largest absolute Gasteiger partial charge is 0.312 e. The van der Waals surface area contributed by atoms with E-state index in [1.807, 2.05) is 27.7 Å². The Morgan fingerprint density at radius 1 is 1.42 bits per heavy atom. The standard InChI is InChI=1S/C9H16INO/c1-8(2)5-7(6-10)9(3,4)11(8)12/h5,12H,6H2,1-4H3. The van der Waals surface area contributed by atoms with Crippen molar-refractivity contribution in [2.75, 3.05) is 4.43 Å². The molecule has 1 rings (SSSR count). The molecule has 12 heavy (non-hydrogen) atoms. The topological polar surface area (TPSA) is 23.5 Å². The summed E-state index contributed by atoms with van der Waals surface area (Å²) in [6.45, 7) is 8.14. The summed E-state index contributed by atoms with van der Waals surface area (Å²) in [5, 5.41) is 11.3. The summed E-state index contributed by atoms with van der Waals surface area (Å²) < 4.78 is 0.977. The normalized spacial score (nSPS) is 27.3. The van der Waals surface area contributed by atoms with E-state index in [-0.39, 0.29) is 11.1 Å². The second-order valence-electron chi connectivity index (χ2n) is 4.33. The monoisotopic (exact) mass is 281 g/mol. The predicted molar refractivity (Wildman–Crippen MR) is 58.8 cm³/mol. The lowest BCUT2D eigenvalue weighted by Gasteiger charge is -2.36. The highest BCUT2D eigenvalue weighted by Crippen LogP contribution is 2.38. The van der Waals surface area contributed by atoms with Gasteiger partial charge in [0, 0.05) is 4.43 Å². The molecule has 0 aromatic heterocycles. The van der Waals surface area contributed by atoms with Crippen LogP contribution in [0.25, 0.3) is 0 Å². The highest BCUT2D eigenvalue weighted by Gasteiger charge is 2.44. The van der Waals surface area contributed by atoms with Crippen molar-refractivity contribution in [2.45, 2.75) is 38.8 Å². The third-order valence-electron chi connectivity index (χ3n) is 2.53. The van der Waals surface area contributed by atoms with Gasteiger partial charge in [-0.3, -0.25) is 0 Å². The van der Waals surface area contributed by atoms with E-state index < -0.39 is 0 Å². The minimum atomic E-state index is -0.218. The minimum Gasteiger partial charge on any atom is -0.312 e. The molecule has 1 aliphatic heterocycles. The molecule has 0 saturated carbocycles. The first-order valence-corrected chi connectivity index (χ1v) is 5.62. The summed E-state index contributed by atoms with van der Waals surface area (Å²) in [6.07, 6.45) is 2.15. The van der Waals surface area contributed by atoms with Crippen LogP contribution in [0.4, 0.5) is 0 Å². The van der Waals surface area contributed by atoms with Crippen molar-refractivity contribution in [2.24, 2.45) is 0 Å². The molecule has 0 atom stereocenters. The number of hydroxylamine groups is 2. The summed E-state index contributed by atoms with van der Waals surface area (Å²) in [5.41, 5.74) is 0.880. The molecule has 0 spiro atoms. The Kier molecular flexibility index (Phi) is 2.58. The maximum absolute atomic E-state index is 9.86. The van der Waals surface area contributed by atoms with Crippen LogP contribution in [-0.2, 0) is 0 Å². The molecule has 2 nitrogen and oxygen atoms in total. The molecule has 3 heteroatoms. The molecule has 0 fully saturated rings. The van der Waals surface area contributed by atoms with E-state index in [0.717, 1.165) is 4.43 Å². The number of hydrogen-bond donors (Lipinski definition) is 1. The average molecular weight is 281 g/mol. The molecular weight excluding hydrogens is 265 g/mol. The van der Waals surface area contributed by atoms with Gasteiger partial charge in [0.1, 0.15) is 0 Å². The molecule has 0 saturated heterocycles. The maximum atomic E-state index is 9.86. The maximum Gasteiger partial charge on any atom is 0.0630 e. The van der Waals surface area contributed by atoms with Crippen molar-refractivity contribution >= 4 is 22.6 Å². The van der Waals surface area contributed by atoms with Crippen molar-refractivity contribution < 1.29 is 5.21 Å². The van der Waals surface area contributed by atoms with Crippen molar-refractivity contribution in [3.63, 3.8) is 0 Å². The van der Waals surface area contributed by atoms with Crippen LogP contribution in [0.5, 0.6) is 0 Å². The van der Waals surface area contributed by atoms with Gasteiger partial charge in [-0.2, -0.15) is 5.06 Å². The van der Waals surface area contributed by atoms with E-state index in [1.54, 1.807) is 0 Å². The molecule has 1 heterocycles. The number of rotatable bonds is 1. The molecule has 0 aliphatic carbocycles. The van der Waals surface area contributed by atoms with Crippen LogP contribution < -0.4 is 0 Å². The molecule has 1 N–H and O–H groups in total. The summed E-state index contributed by atoms with van der Waals surface area (Å²) >= 11 is 2.34. The fourth-order valence-corrected chi connectivity index (χ4v) is 2.88. The summed E-state index contributed by atoms with van der Waals surface area (Å²) in [5.74, 6) is 0. The summed E-state index contributed by atoms with van der Waals surface area (Å²) in [7, 11) is 0. The second kappa shape index (κ2) is 2.96. The predicted octanol–water partition coefficient (Wildman–Crippen LogP) is 2.61. The smallest absolute Gasteiger partial charge is 0.0630 e.